The minimum Gasteiger partial charge on any atom is -0.395 e. The molecule has 21 heavy (non-hydrogen) atoms. The lowest BCUT2D eigenvalue weighted by Gasteiger charge is -2.06. The number of nitriles is 1. The number of alkyl halides is 2. The van der Waals surface area contributed by atoms with Gasteiger partial charge >= 0.3 is 6.29 Å². The number of anilines is 2. The van der Waals surface area contributed by atoms with Crippen LogP contribution >= 0.6 is 11.6 Å². The van der Waals surface area contributed by atoms with Gasteiger partial charge in [-0.1, -0.05) is 0 Å². The molecule has 2 aromatic rings. The molecule has 1 aromatic heterocycles. The molecule has 106 valence electrons. The fourth-order valence-corrected chi connectivity index (χ4v) is 1.90. The molecule has 0 bridgehead atoms. The Hall–Kier alpha value is -2.66. The van der Waals surface area contributed by atoms with Crippen molar-refractivity contribution in [1.29, 1.82) is 5.26 Å². The maximum absolute atomic E-state index is 12.9. The van der Waals surface area contributed by atoms with Crippen LogP contribution in [0, 0.1) is 11.3 Å². The molecule has 0 unspecified atom stereocenters. The van der Waals surface area contributed by atoms with Gasteiger partial charge in [-0.3, -0.25) is 0 Å². The molecular formula is C12H5ClF2N4O2. The number of ether oxygens (including phenoxy) is 2. The highest BCUT2D eigenvalue weighted by Gasteiger charge is 2.43. The van der Waals surface area contributed by atoms with Gasteiger partial charge in [0.05, 0.1) is 0 Å². The fraction of sp³-hybridized carbons (Fsp3) is 0.0833. The largest absolute Gasteiger partial charge is 0.586 e. The van der Waals surface area contributed by atoms with Crippen molar-refractivity contribution in [3.63, 3.8) is 0 Å². The van der Waals surface area contributed by atoms with Gasteiger partial charge in [-0.25, -0.2) is 9.97 Å². The Morgan fingerprint density at radius 1 is 1.19 bits per heavy atom. The van der Waals surface area contributed by atoms with E-state index in [-0.39, 0.29) is 28.3 Å². The molecular weight excluding hydrogens is 306 g/mol. The lowest BCUT2D eigenvalue weighted by Crippen LogP contribution is -2.25. The molecule has 6 nitrogen and oxygen atoms in total. The Morgan fingerprint density at radius 3 is 2.71 bits per heavy atom. The van der Waals surface area contributed by atoms with E-state index in [9.17, 15) is 8.78 Å². The van der Waals surface area contributed by atoms with Crippen molar-refractivity contribution in [3.05, 3.63) is 35.2 Å². The Labute approximate surface area is 121 Å². The van der Waals surface area contributed by atoms with E-state index in [2.05, 4.69) is 24.8 Å². The fourth-order valence-electron chi connectivity index (χ4n) is 1.71. The molecule has 0 radical (unpaired) electrons. The SMILES string of the molecule is N#Cc1cc(Nc2ccc3c(c2)OC(F)(F)O3)nc(Cl)n1. The minimum atomic E-state index is -3.67. The number of halogens is 3. The Morgan fingerprint density at radius 2 is 1.95 bits per heavy atom. The van der Waals surface area contributed by atoms with Crippen molar-refractivity contribution in [2.24, 2.45) is 0 Å². The number of aromatic nitrogens is 2. The molecule has 1 aromatic carbocycles. The first-order valence-corrected chi connectivity index (χ1v) is 5.94. The maximum Gasteiger partial charge on any atom is 0.586 e. The second-order valence-corrected chi connectivity index (χ2v) is 4.31. The van der Waals surface area contributed by atoms with E-state index >= 15 is 0 Å². The van der Waals surface area contributed by atoms with Gasteiger partial charge in [0.25, 0.3) is 0 Å². The lowest BCUT2D eigenvalue weighted by atomic mass is 10.2. The Kier molecular flexibility index (Phi) is 2.99. The number of hydrogen-bond donors (Lipinski definition) is 1. The standard InChI is InChI=1S/C12H5ClF2N4O2/c13-11-18-7(5-16)4-10(19-11)17-6-1-2-8-9(3-6)21-12(14,15)20-8/h1-4H,(H,17,18,19). The van der Waals surface area contributed by atoms with Gasteiger partial charge in [-0.15, -0.1) is 8.78 Å². The van der Waals surface area contributed by atoms with Gasteiger partial charge in [0.2, 0.25) is 5.28 Å². The molecule has 2 heterocycles. The third-order valence-electron chi connectivity index (χ3n) is 2.49. The molecule has 0 atom stereocenters. The van der Waals surface area contributed by atoms with Crippen molar-refractivity contribution >= 4 is 23.1 Å². The molecule has 3 rings (SSSR count). The summed E-state index contributed by atoms with van der Waals surface area (Å²) in [7, 11) is 0. The van der Waals surface area contributed by atoms with E-state index in [1.807, 2.05) is 6.07 Å². The first-order valence-electron chi connectivity index (χ1n) is 5.57. The predicted octanol–water partition coefficient (Wildman–Crippen LogP) is 3.07. The van der Waals surface area contributed by atoms with Crippen molar-refractivity contribution in [2.45, 2.75) is 6.29 Å². The molecule has 0 aliphatic carbocycles. The zero-order valence-corrected chi connectivity index (χ0v) is 10.9. The van der Waals surface area contributed by atoms with Crippen LogP contribution in [0.5, 0.6) is 11.5 Å². The molecule has 0 saturated heterocycles. The van der Waals surface area contributed by atoms with E-state index in [0.29, 0.717) is 5.69 Å². The van der Waals surface area contributed by atoms with Crippen LogP contribution in [-0.2, 0) is 0 Å². The summed E-state index contributed by atoms with van der Waals surface area (Å²) in [5.41, 5.74) is 0.485. The van der Waals surface area contributed by atoms with Crippen LogP contribution in [0.25, 0.3) is 0 Å². The van der Waals surface area contributed by atoms with Gasteiger partial charge in [0.15, 0.2) is 11.5 Å². The number of nitrogens with one attached hydrogen (secondary N) is 1. The van der Waals surface area contributed by atoms with E-state index in [0.717, 1.165) is 0 Å². The van der Waals surface area contributed by atoms with Gasteiger partial charge < -0.3 is 14.8 Å². The first-order chi connectivity index (χ1) is 9.95. The van der Waals surface area contributed by atoms with Gasteiger partial charge in [0, 0.05) is 17.8 Å². The van der Waals surface area contributed by atoms with E-state index < -0.39 is 6.29 Å². The van der Waals surface area contributed by atoms with Crippen molar-refractivity contribution in [1.82, 2.24) is 9.97 Å². The average Bonchev–Trinajstić information content (AvgIpc) is 2.71. The maximum atomic E-state index is 12.9. The molecule has 1 aliphatic heterocycles. The number of nitrogens with zero attached hydrogens (tertiary/aromatic N) is 3. The van der Waals surface area contributed by atoms with Gasteiger partial charge in [0.1, 0.15) is 17.6 Å². The quantitative estimate of drug-likeness (QED) is 0.859. The number of rotatable bonds is 2. The zero-order chi connectivity index (χ0) is 15.0. The molecule has 0 amide bonds. The molecule has 9 heteroatoms. The van der Waals surface area contributed by atoms with Gasteiger partial charge in [-0.2, -0.15) is 5.26 Å². The van der Waals surface area contributed by atoms with E-state index in [1.165, 1.54) is 24.3 Å². The average molecular weight is 311 g/mol. The number of benzene rings is 1. The summed E-state index contributed by atoms with van der Waals surface area (Å²) < 4.78 is 34.4. The second-order valence-electron chi connectivity index (χ2n) is 3.97. The zero-order valence-electron chi connectivity index (χ0n) is 10.1. The van der Waals surface area contributed by atoms with Crippen molar-refractivity contribution in [3.8, 4) is 17.6 Å². The summed E-state index contributed by atoms with van der Waals surface area (Å²) in [6, 6.07) is 7.33. The first kappa shape index (κ1) is 13.3. The van der Waals surface area contributed by atoms with Crippen LogP contribution in [0.15, 0.2) is 24.3 Å². The second kappa shape index (κ2) is 4.71. The third-order valence-corrected chi connectivity index (χ3v) is 2.66. The highest BCUT2D eigenvalue weighted by atomic mass is 35.5. The number of fused-ring (bicyclic) bond motifs is 1. The molecule has 1 aliphatic rings. The van der Waals surface area contributed by atoms with Crippen LogP contribution in [0.4, 0.5) is 20.3 Å². The highest BCUT2D eigenvalue weighted by molar-refractivity contribution is 6.28. The topological polar surface area (TPSA) is 80.1 Å². The van der Waals surface area contributed by atoms with E-state index in [4.69, 9.17) is 16.9 Å². The Bertz CT molecular complexity index is 763. The van der Waals surface area contributed by atoms with E-state index in [1.54, 1.807) is 0 Å². The summed E-state index contributed by atoms with van der Waals surface area (Å²) in [6.45, 7) is 0. The van der Waals surface area contributed by atoms with Crippen LogP contribution in [-0.4, -0.2) is 16.3 Å². The monoisotopic (exact) mass is 310 g/mol. The molecule has 0 fully saturated rings. The highest BCUT2D eigenvalue weighted by Crippen LogP contribution is 2.42. The summed E-state index contributed by atoms with van der Waals surface area (Å²) in [5, 5.41) is 11.5. The van der Waals surface area contributed by atoms with Crippen LogP contribution in [0.1, 0.15) is 5.69 Å². The summed E-state index contributed by atoms with van der Waals surface area (Å²) >= 11 is 5.67. The Balaban J connectivity index is 1.87. The normalized spacial score (nSPS) is 14.6. The van der Waals surface area contributed by atoms with Crippen LogP contribution in [0.2, 0.25) is 5.28 Å². The van der Waals surface area contributed by atoms with Crippen LogP contribution in [0.3, 0.4) is 0 Å². The molecule has 1 N–H and O–H groups in total. The molecule has 0 saturated carbocycles. The summed E-state index contributed by atoms with van der Waals surface area (Å²) in [5.74, 6) is 0.0758. The van der Waals surface area contributed by atoms with Crippen LogP contribution < -0.4 is 14.8 Å². The summed E-state index contributed by atoms with van der Waals surface area (Å²) in [6.07, 6.45) is -3.67. The third kappa shape index (κ3) is 2.78. The smallest absolute Gasteiger partial charge is 0.395 e. The lowest BCUT2D eigenvalue weighted by molar-refractivity contribution is -0.286. The van der Waals surface area contributed by atoms with Gasteiger partial charge in [-0.05, 0) is 23.7 Å². The minimum absolute atomic E-state index is 0.0658. The molecule has 0 spiro atoms. The number of hydrogen-bond acceptors (Lipinski definition) is 6. The predicted molar refractivity (Wildman–Crippen MR) is 67.7 cm³/mol. The summed E-state index contributed by atoms with van der Waals surface area (Å²) in [4.78, 5) is 7.55. The van der Waals surface area contributed by atoms with Crippen molar-refractivity contribution in [2.75, 3.05) is 5.32 Å². The van der Waals surface area contributed by atoms with Crippen molar-refractivity contribution < 1.29 is 18.3 Å².